The summed E-state index contributed by atoms with van der Waals surface area (Å²) in [6.07, 6.45) is 5.52. The minimum absolute atomic E-state index is 0.0699. The molecule has 6 rings (SSSR count). The first-order valence-corrected chi connectivity index (χ1v) is 10.5. The van der Waals surface area contributed by atoms with Crippen molar-refractivity contribution in [2.75, 3.05) is 0 Å². The average molecular weight is 422 g/mol. The second-order valence-electron chi connectivity index (χ2n) is 7.78. The Labute approximate surface area is 186 Å². The predicted molar refractivity (Wildman–Crippen MR) is 126 cm³/mol. The zero-order chi connectivity index (χ0) is 21.9. The van der Waals surface area contributed by atoms with Crippen LogP contribution in [0.3, 0.4) is 0 Å². The van der Waals surface area contributed by atoms with E-state index in [-0.39, 0.29) is 11.5 Å². The SMILES string of the molecule is Oc1ccc2c(c1)/C=C\c1ccc(O)c(c1)Oc1ccc(cc1)CCc1cccc(c1)O2. The van der Waals surface area contributed by atoms with Gasteiger partial charge in [-0.2, -0.15) is 0 Å². The maximum atomic E-state index is 10.2. The van der Waals surface area contributed by atoms with Crippen LogP contribution in [-0.2, 0) is 12.8 Å². The van der Waals surface area contributed by atoms with Gasteiger partial charge in [-0.15, -0.1) is 0 Å². The highest BCUT2D eigenvalue weighted by molar-refractivity contribution is 5.74. The van der Waals surface area contributed by atoms with Crippen LogP contribution in [0.15, 0.2) is 84.9 Å². The van der Waals surface area contributed by atoms with Gasteiger partial charge in [-0.05, 0) is 84.1 Å². The zero-order valence-electron chi connectivity index (χ0n) is 17.4. The molecule has 2 aliphatic rings. The molecule has 0 atom stereocenters. The third kappa shape index (κ3) is 4.44. The minimum Gasteiger partial charge on any atom is -0.508 e. The molecule has 4 aromatic carbocycles. The number of hydrogen-bond donors (Lipinski definition) is 2. The number of hydrogen-bond acceptors (Lipinski definition) is 4. The third-order valence-electron chi connectivity index (χ3n) is 5.41. The second-order valence-corrected chi connectivity index (χ2v) is 7.78. The molecule has 0 aliphatic carbocycles. The molecule has 0 unspecified atom stereocenters. The van der Waals surface area contributed by atoms with Crippen molar-refractivity contribution in [3.8, 4) is 34.5 Å². The summed E-state index contributed by atoms with van der Waals surface area (Å²) in [6, 6.07) is 26.2. The minimum atomic E-state index is 0.0699. The Morgan fingerprint density at radius 1 is 0.594 bits per heavy atom. The molecule has 2 heterocycles. The first-order chi connectivity index (χ1) is 15.6. The van der Waals surface area contributed by atoms with Crippen LogP contribution in [0.2, 0.25) is 0 Å². The lowest BCUT2D eigenvalue weighted by Crippen LogP contribution is -1.94. The molecule has 158 valence electrons. The Kier molecular flexibility index (Phi) is 5.26. The topological polar surface area (TPSA) is 58.9 Å². The maximum Gasteiger partial charge on any atom is 0.169 e. The summed E-state index contributed by atoms with van der Waals surface area (Å²) < 4.78 is 12.1. The van der Waals surface area contributed by atoms with Crippen molar-refractivity contribution >= 4 is 12.2 Å². The van der Waals surface area contributed by atoms with E-state index >= 15 is 0 Å². The van der Waals surface area contributed by atoms with Gasteiger partial charge in [0.15, 0.2) is 11.5 Å². The molecule has 4 heteroatoms. The van der Waals surface area contributed by atoms with Crippen molar-refractivity contribution in [3.05, 3.63) is 107 Å². The summed E-state index contributed by atoms with van der Waals surface area (Å²) in [5.41, 5.74) is 3.96. The molecule has 4 nitrogen and oxygen atoms in total. The van der Waals surface area contributed by atoms with Gasteiger partial charge in [0.1, 0.15) is 23.0 Å². The summed E-state index contributed by atoms with van der Waals surface area (Å²) >= 11 is 0. The fourth-order valence-corrected chi connectivity index (χ4v) is 3.69. The van der Waals surface area contributed by atoms with Crippen molar-refractivity contribution < 1.29 is 19.7 Å². The van der Waals surface area contributed by atoms with Crippen LogP contribution in [0.25, 0.3) is 12.2 Å². The first-order valence-electron chi connectivity index (χ1n) is 10.5. The van der Waals surface area contributed by atoms with E-state index in [1.807, 2.05) is 54.6 Å². The second kappa shape index (κ2) is 8.52. The molecule has 2 aliphatic heterocycles. The molecule has 0 saturated heterocycles. The lowest BCUT2D eigenvalue weighted by atomic mass is 10.0. The van der Waals surface area contributed by atoms with Crippen LogP contribution in [0.4, 0.5) is 0 Å². The average Bonchev–Trinajstić information content (AvgIpc) is 2.80. The molecule has 0 radical (unpaired) electrons. The van der Waals surface area contributed by atoms with Gasteiger partial charge in [-0.1, -0.05) is 42.5 Å². The van der Waals surface area contributed by atoms with Gasteiger partial charge >= 0.3 is 0 Å². The number of fused-ring (bicyclic) bond motifs is 3. The molecule has 6 bridgehead atoms. The number of rotatable bonds is 0. The molecule has 32 heavy (non-hydrogen) atoms. The molecule has 0 amide bonds. The number of phenolic OH excluding ortho intramolecular Hbond substituents is 2. The molecular weight excluding hydrogens is 400 g/mol. The Balaban J connectivity index is 1.59. The fourth-order valence-electron chi connectivity index (χ4n) is 3.69. The van der Waals surface area contributed by atoms with Crippen molar-refractivity contribution in [2.24, 2.45) is 0 Å². The number of phenols is 2. The van der Waals surface area contributed by atoms with Gasteiger partial charge in [0.05, 0.1) is 0 Å². The first kappa shape index (κ1) is 19.8. The lowest BCUT2D eigenvalue weighted by molar-refractivity contribution is 0.411. The van der Waals surface area contributed by atoms with Crippen LogP contribution in [0, 0.1) is 0 Å². The van der Waals surface area contributed by atoms with Gasteiger partial charge < -0.3 is 19.7 Å². The van der Waals surface area contributed by atoms with Crippen LogP contribution >= 0.6 is 0 Å². The summed E-state index contributed by atoms with van der Waals surface area (Å²) in [5, 5.41) is 20.2. The third-order valence-corrected chi connectivity index (χ3v) is 5.41. The van der Waals surface area contributed by atoms with Gasteiger partial charge in [0.2, 0.25) is 0 Å². The van der Waals surface area contributed by atoms with Crippen LogP contribution in [0.5, 0.6) is 34.5 Å². The molecule has 0 aromatic heterocycles. The van der Waals surface area contributed by atoms with Gasteiger partial charge in [-0.3, -0.25) is 0 Å². The lowest BCUT2D eigenvalue weighted by Gasteiger charge is -2.12. The summed E-state index contributed by atoms with van der Waals surface area (Å²) in [4.78, 5) is 0. The summed E-state index contributed by atoms with van der Waals surface area (Å²) in [5.74, 6) is 2.66. The van der Waals surface area contributed by atoms with Crippen molar-refractivity contribution in [1.82, 2.24) is 0 Å². The Morgan fingerprint density at radius 2 is 1.41 bits per heavy atom. The van der Waals surface area contributed by atoms with Crippen LogP contribution in [-0.4, -0.2) is 10.2 Å². The van der Waals surface area contributed by atoms with Crippen LogP contribution in [0.1, 0.15) is 22.3 Å². The van der Waals surface area contributed by atoms with E-state index in [2.05, 4.69) is 6.07 Å². The van der Waals surface area contributed by atoms with E-state index in [0.717, 1.165) is 29.7 Å². The Morgan fingerprint density at radius 3 is 2.28 bits per heavy atom. The smallest absolute Gasteiger partial charge is 0.169 e. The van der Waals surface area contributed by atoms with E-state index in [9.17, 15) is 10.2 Å². The van der Waals surface area contributed by atoms with Gasteiger partial charge in [-0.25, -0.2) is 0 Å². The van der Waals surface area contributed by atoms with E-state index in [4.69, 9.17) is 9.47 Å². The molecule has 0 fully saturated rings. The number of aromatic hydroxyl groups is 2. The van der Waals surface area contributed by atoms with Crippen molar-refractivity contribution in [1.29, 1.82) is 0 Å². The molecule has 4 aromatic rings. The highest BCUT2D eigenvalue weighted by Crippen LogP contribution is 2.34. The molecule has 0 spiro atoms. The molecular formula is C28H22O4. The van der Waals surface area contributed by atoms with E-state index in [1.165, 1.54) is 11.1 Å². The highest BCUT2D eigenvalue weighted by atomic mass is 16.5. The zero-order valence-corrected chi connectivity index (χ0v) is 17.4. The van der Waals surface area contributed by atoms with E-state index in [0.29, 0.717) is 17.2 Å². The van der Waals surface area contributed by atoms with Crippen molar-refractivity contribution in [2.45, 2.75) is 12.8 Å². The van der Waals surface area contributed by atoms with Gasteiger partial charge in [0, 0.05) is 5.56 Å². The number of benzene rings is 4. The summed E-state index contributed by atoms with van der Waals surface area (Å²) in [6.45, 7) is 0. The number of aryl methyl sites for hydroxylation is 2. The molecule has 2 N–H and O–H groups in total. The quantitative estimate of drug-likeness (QED) is 0.322. The van der Waals surface area contributed by atoms with E-state index < -0.39 is 0 Å². The van der Waals surface area contributed by atoms with Crippen LogP contribution < -0.4 is 9.47 Å². The maximum absolute atomic E-state index is 10.2. The summed E-state index contributed by atoms with van der Waals surface area (Å²) in [7, 11) is 0. The van der Waals surface area contributed by atoms with E-state index in [1.54, 1.807) is 36.4 Å². The largest absolute Gasteiger partial charge is 0.508 e. The fraction of sp³-hybridized carbons (Fsp3) is 0.0714. The monoisotopic (exact) mass is 422 g/mol. The highest BCUT2D eigenvalue weighted by Gasteiger charge is 2.09. The normalized spacial score (nSPS) is 13.8. The Bertz CT molecular complexity index is 1290. The number of ether oxygens (including phenoxy) is 2. The van der Waals surface area contributed by atoms with Gasteiger partial charge in [0.25, 0.3) is 0 Å². The predicted octanol–water partition coefficient (Wildman–Crippen LogP) is 6.95. The van der Waals surface area contributed by atoms with Crippen molar-refractivity contribution in [3.63, 3.8) is 0 Å². The molecule has 0 saturated carbocycles. The Hall–Kier alpha value is -4.18. The standard InChI is InChI=1S/C28H22O4/c29-23-11-15-27-22(18-23)10-6-21-9-14-26(30)28(17-21)31-24-12-7-19(8-13-24)4-5-20-2-1-3-25(16-20)32-27/h1-3,6-18,29-30H,4-5H2/b10-6-.